The zero-order valence-electron chi connectivity index (χ0n) is 23.5. The van der Waals surface area contributed by atoms with E-state index in [1.54, 1.807) is 0 Å². The molecule has 8 nitrogen and oxygen atoms in total. The van der Waals surface area contributed by atoms with Gasteiger partial charge in [0.2, 0.25) is 0 Å². The molecule has 0 bridgehead atoms. The molecular formula is C31H38N8. The van der Waals surface area contributed by atoms with Gasteiger partial charge < -0.3 is 20.1 Å². The Hall–Kier alpha value is -3.91. The summed E-state index contributed by atoms with van der Waals surface area (Å²) in [4.78, 5) is 17.7. The summed E-state index contributed by atoms with van der Waals surface area (Å²) in [6.45, 7) is 13.1. The maximum atomic E-state index is 4.76. The maximum absolute atomic E-state index is 4.76. The number of aromatic amines is 2. The number of fused-ring (bicyclic) bond motifs is 2. The van der Waals surface area contributed by atoms with E-state index >= 15 is 0 Å². The topological polar surface area (TPSA) is 88.8 Å². The van der Waals surface area contributed by atoms with Crippen molar-refractivity contribution in [2.75, 3.05) is 43.4 Å². The van der Waals surface area contributed by atoms with E-state index in [1.165, 1.54) is 0 Å². The molecule has 1 aliphatic rings. The molecule has 0 saturated carbocycles. The molecule has 1 aromatic carbocycles. The molecule has 1 fully saturated rings. The van der Waals surface area contributed by atoms with E-state index in [-0.39, 0.29) is 5.41 Å². The number of benzene rings is 1. The molecule has 5 heterocycles. The molecule has 0 amide bonds. The Labute approximate surface area is 229 Å². The van der Waals surface area contributed by atoms with Gasteiger partial charge in [-0.3, -0.25) is 10.1 Å². The molecule has 1 atom stereocenters. The molecule has 0 radical (unpaired) electrons. The van der Waals surface area contributed by atoms with Gasteiger partial charge in [-0.25, -0.2) is 4.98 Å². The zero-order valence-corrected chi connectivity index (χ0v) is 23.5. The summed E-state index contributed by atoms with van der Waals surface area (Å²) in [5, 5.41) is 13.8. The first-order valence-corrected chi connectivity index (χ1v) is 13.9. The Kier molecular flexibility index (Phi) is 6.51. The molecule has 3 N–H and O–H groups in total. The summed E-state index contributed by atoms with van der Waals surface area (Å²) in [6, 6.07) is 13.2. The third-order valence-corrected chi connectivity index (χ3v) is 7.55. The Morgan fingerprint density at radius 2 is 1.77 bits per heavy atom. The molecule has 5 aromatic rings. The standard InChI is InChI=1S/C31H38N8/c1-20(17-31(2,3)4)34-23-14-22(18-32-19-23)21-6-7-27-24(15-21)29(37-36-27)28-16-25-26(35-28)8-9-33-30(25)39-12-10-38(5)11-13-39/h6-9,14-16,18-20,34-35H,10-13,17H2,1-5H3,(H,36,37). The fraction of sp³-hybridized carbons (Fsp3) is 0.387. The van der Waals surface area contributed by atoms with Crippen LogP contribution in [0, 0.1) is 5.41 Å². The first-order chi connectivity index (χ1) is 18.7. The Morgan fingerprint density at radius 3 is 2.56 bits per heavy atom. The molecule has 1 aliphatic heterocycles. The molecule has 8 heteroatoms. The van der Waals surface area contributed by atoms with Crippen LogP contribution in [0.5, 0.6) is 0 Å². The van der Waals surface area contributed by atoms with E-state index in [0.29, 0.717) is 6.04 Å². The molecule has 39 heavy (non-hydrogen) atoms. The number of nitrogens with one attached hydrogen (secondary N) is 3. The minimum atomic E-state index is 0.268. The number of pyridine rings is 2. The normalized spacial score (nSPS) is 15.8. The van der Waals surface area contributed by atoms with E-state index in [1.807, 2.05) is 24.7 Å². The molecule has 4 aromatic heterocycles. The number of likely N-dealkylation sites (N-methyl/N-ethyl adjacent to an activating group) is 1. The largest absolute Gasteiger partial charge is 0.381 e. The van der Waals surface area contributed by atoms with Crippen molar-refractivity contribution in [2.45, 2.75) is 40.2 Å². The summed E-state index contributed by atoms with van der Waals surface area (Å²) in [5.41, 5.74) is 7.48. The number of H-pyrrole nitrogens is 2. The number of rotatable bonds is 6. The molecule has 0 aliphatic carbocycles. The number of hydrogen-bond acceptors (Lipinski definition) is 6. The molecule has 6 rings (SSSR count). The van der Waals surface area contributed by atoms with Crippen LogP contribution < -0.4 is 10.2 Å². The second-order valence-corrected chi connectivity index (χ2v) is 12.2. The van der Waals surface area contributed by atoms with Gasteiger partial charge in [-0.05, 0) is 61.7 Å². The van der Waals surface area contributed by atoms with Crippen LogP contribution in [0.2, 0.25) is 0 Å². The second kappa shape index (κ2) is 10.0. The van der Waals surface area contributed by atoms with Crippen molar-refractivity contribution in [1.82, 2.24) is 30.0 Å². The van der Waals surface area contributed by atoms with Crippen molar-refractivity contribution in [2.24, 2.45) is 5.41 Å². The molecule has 0 spiro atoms. The van der Waals surface area contributed by atoms with Gasteiger partial charge in [0.05, 0.1) is 22.4 Å². The van der Waals surface area contributed by atoms with Crippen molar-refractivity contribution in [1.29, 1.82) is 0 Å². The summed E-state index contributed by atoms with van der Waals surface area (Å²) >= 11 is 0. The second-order valence-electron chi connectivity index (χ2n) is 12.2. The van der Waals surface area contributed by atoms with E-state index in [4.69, 9.17) is 10.1 Å². The number of nitrogens with zero attached hydrogens (tertiary/aromatic N) is 5. The van der Waals surface area contributed by atoms with Crippen LogP contribution in [0.4, 0.5) is 11.5 Å². The average molecular weight is 523 g/mol. The van der Waals surface area contributed by atoms with Gasteiger partial charge in [0.25, 0.3) is 0 Å². The van der Waals surface area contributed by atoms with Crippen LogP contribution in [0.3, 0.4) is 0 Å². The SMILES string of the molecule is CC(CC(C)(C)C)Nc1cncc(-c2ccc3[nH]nc(-c4cc5c(N6CCN(C)CC6)nccc5[nH]4)c3c2)c1. The third-order valence-electron chi connectivity index (χ3n) is 7.55. The van der Waals surface area contributed by atoms with Gasteiger partial charge in [-0.2, -0.15) is 5.10 Å². The fourth-order valence-corrected chi connectivity index (χ4v) is 5.77. The van der Waals surface area contributed by atoms with Crippen molar-refractivity contribution >= 4 is 33.3 Å². The maximum Gasteiger partial charge on any atom is 0.138 e. The van der Waals surface area contributed by atoms with Crippen LogP contribution in [0.1, 0.15) is 34.1 Å². The van der Waals surface area contributed by atoms with E-state index in [9.17, 15) is 0 Å². The Morgan fingerprint density at radius 1 is 0.949 bits per heavy atom. The number of aromatic nitrogens is 5. The van der Waals surface area contributed by atoms with Crippen LogP contribution in [-0.4, -0.2) is 69.3 Å². The van der Waals surface area contributed by atoms with Gasteiger partial charge >= 0.3 is 0 Å². The first-order valence-electron chi connectivity index (χ1n) is 13.9. The third kappa shape index (κ3) is 5.34. The van der Waals surface area contributed by atoms with Gasteiger partial charge in [-0.15, -0.1) is 0 Å². The van der Waals surface area contributed by atoms with Crippen LogP contribution in [-0.2, 0) is 0 Å². The summed E-state index contributed by atoms with van der Waals surface area (Å²) in [5.74, 6) is 1.04. The van der Waals surface area contributed by atoms with Gasteiger partial charge in [0.1, 0.15) is 11.5 Å². The molecule has 202 valence electrons. The van der Waals surface area contributed by atoms with Crippen molar-refractivity contribution < 1.29 is 0 Å². The lowest BCUT2D eigenvalue weighted by Crippen LogP contribution is -2.44. The summed E-state index contributed by atoms with van der Waals surface area (Å²) in [7, 11) is 2.17. The van der Waals surface area contributed by atoms with Gasteiger partial charge in [0.15, 0.2) is 0 Å². The smallest absolute Gasteiger partial charge is 0.138 e. The number of hydrogen-bond donors (Lipinski definition) is 3. The van der Waals surface area contributed by atoms with Crippen molar-refractivity contribution in [3.8, 4) is 22.5 Å². The highest BCUT2D eigenvalue weighted by atomic mass is 15.3. The summed E-state index contributed by atoms with van der Waals surface area (Å²) in [6.07, 6.45) is 6.81. The number of piperazine rings is 1. The predicted octanol–water partition coefficient (Wildman–Crippen LogP) is 6.16. The Bertz CT molecular complexity index is 1600. The fourth-order valence-electron chi connectivity index (χ4n) is 5.77. The van der Waals surface area contributed by atoms with Crippen LogP contribution >= 0.6 is 0 Å². The lowest BCUT2D eigenvalue weighted by molar-refractivity contribution is 0.312. The van der Waals surface area contributed by atoms with Gasteiger partial charge in [0, 0.05) is 67.1 Å². The van der Waals surface area contributed by atoms with Gasteiger partial charge in [-0.1, -0.05) is 26.8 Å². The highest BCUT2D eigenvalue weighted by molar-refractivity contribution is 6.00. The van der Waals surface area contributed by atoms with E-state index in [0.717, 1.165) is 88.4 Å². The minimum absolute atomic E-state index is 0.268. The van der Waals surface area contributed by atoms with Crippen molar-refractivity contribution in [3.05, 3.63) is 55.0 Å². The van der Waals surface area contributed by atoms with Crippen LogP contribution in [0.15, 0.2) is 55.0 Å². The quantitative estimate of drug-likeness (QED) is 0.248. The molecular weight excluding hydrogens is 484 g/mol. The highest BCUT2D eigenvalue weighted by Crippen LogP contribution is 2.34. The number of anilines is 2. The summed E-state index contributed by atoms with van der Waals surface area (Å²) < 4.78 is 0. The zero-order chi connectivity index (χ0) is 27.1. The van der Waals surface area contributed by atoms with Crippen LogP contribution in [0.25, 0.3) is 44.3 Å². The lowest BCUT2D eigenvalue weighted by Gasteiger charge is -2.33. The highest BCUT2D eigenvalue weighted by Gasteiger charge is 2.20. The first kappa shape index (κ1) is 25.4. The van der Waals surface area contributed by atoms with E-state index in [2.05, 4.69) is 95.3 Å². The lowest BCUT2D eigenvalue weighted by atomic mass is 9.88. The monoisotopic (exact) mass is 522 g/mol. The van der Waals surface area contributed by atoms with Crippen molar-refractivity contribution in [3.63, 3.8) is 0 Å². The molecule has 1 unspecified atom stereocenters. The predicted molar refractivity (Wildman–Crippen MR) is 161 cm³/mol. The van der Waals surface area contributed by atoms with E-state index < -0.39 is 0 Å². The minimum Gasteiger partial charge on any atom is -0.381 e. The average Bonchev–Trinajstić information content (AvgIpc) is 3.52. The molecule has 1 saturated heterocycles. The Balaban J connectivity index is 1.32.